The van der Waals surface area contributed by atoms with Gasteiger partial charge in [-0.3, -0.25) is 9.59 Å². The minimum atomic E-state index is -1.76. The lowest BCUT2D eigenvalue weighted by atomic mass is 9.85. The zero-order valence-electron chi connectivity index (χ0n) is 16.9. The van der Waals surface area contributed by atoms with Gasteiger partial charge in [0.05, 0.1) is 25.3 Å². The molecular weight excluding hydrogens is 388 g/mol. The van der Waals surface area contributed by atoms with Crippen molar-refractivity contribution in [3.05, 3.63) is 53.1 Å². The van der Waals surface area contributed by atoms with E-state index in [-0.39, 0.29) is 18.3 Å². The van der Waals surface area contributed by atoms with Crippen LogP contribution in [0.25, 0.3) is 0 Å². The summed E-state index contributed by atoms with van der Waals surface area (Å²) in [5.74, 6) is 1.28. The highest BCUT2D eigenvalue weighted by Crippen LogP contribution is 2.49. The van der Waals surface area contributed by atoms with Crippen molar-refractivity contribution in [2.75, 3.05) is 20.8 Å². The topological polar surface area (TPSA) is 80.3 Å². The average molecular weight is 408 g/mol. The third-order valence-electron chi connectivity index (χ3n) is 5.84. The number of carbonyl (C=O) groups excluding carboxylic acids is 2. The van der Waals surface area contributed by atoms with Crippen LogP contribution < -0.4 is 23.7 Å². The molecule has 0 N–H and O–H groups in total. The van der Waals surface area contributed by atoms with E-state index in [4.69, 9.17) is 23.7 Å². The number of Topliss-reactive ketones (excluding diaryl/α,β-unsaturated/α-hetero) is 2. The van der Waals surface area contributed by atoms with Gasteiger partial charge in [-0.2, -0.15) is 0 Å². The predicted octanol–water partition coefficient (Wildman–Crippen LogP) is 3.17. The molecule has 0 saturated heterocycles. The minimum Gasteiger partial charge on any atom is -0.493 e. The van der Waals surface area contributed by atoms with Crippen LogP contribution in [0.3, 0.4) is 0 Å². The molecule has 7 nitrogen and oxygen atoms in total. The zero-order valence-corrected chi connectivity index (χ0v) is 16.9. The Hall–Kier alpha value is -3.48. The van der Waals surface area contributed by atoms with Gasteiger partial charge >= 0.3 is 0 Å². The molecule has 0 bridgehead atoms. The standard InChI is InChI=1S/C23H20O7/c1-11(2)16-7-13-15(29-16)6-5-12-20(13)30-23(21(12)24)10-28-17-9-19(27-4)18(26-3)8-14(17)22(23)25/h5-6,8-9,16H,1,7,10H2,2-4H3/t16-,23+/m1/s1. The Morgan fingerprint density at radius 1 is 1.07 bits per heavy atom. The number of hydrogen-bond acceptors (Lipinski definition) is 7. The summed E-state index contributed by atoms with van der Waals surface area (Å²) >= 11 is 0. The first-order chi connectivity index (χ1) is 14.4. The second-order valence-corrected chi connectivity index (χ2v) is 7.66. The number of ether oxygens (including phenoxy) is 5. The molecule has 3 aliphatic rings. The lowest BCUT2D eigenvalue weighted by Gasteiger charge is -2.31. The Balaban J connectivity index is 1.57. The normalized spacial score (nSPS) is 23.1. The van der Waals surface area contributed by atoms with Crippen molar-refractivity contribution < 1.29 is 33.3 Å². The van der Waals surface area contributed by atoms with Crippen LogP contribution in [0.5, 0.6) is 28.7 Å². The number of carbonyl (C=O) groups is 2. The zero-order chi connectivity index (χ0) is 21.2. The molecular formula is C23H20O7. The highest BCUT2D eigenvalue weighted by molar-refractivity contribution is 6.27. The summed E-state index contributed by atoms with van der Waals surface area (Å²) in [6.45, 7) is 5.62. The number of hydrogen-bond donors (Lipinski definition) is 0. The average Bonchev–Trinajstić information content (AvgIpc) is 3.30. The first-order valence-electron chi connectivity index (χ1n) is 9.55. The van der Waals surface area contributed by atoms with Crippen LogP contribution in [0.1, 0.15) is 33.2 Å². The Kier molecular flexibility index (Phi) is 3.87. The number of benzene rings is 2. The Morgan fingerprint density at radius 3 is 2.47 bits per heavy atom. The molecule has 1 spiro atoms. The van der Waals surface area contributed by atoms with E-state index in [1.807, 2.05) is 6.92 Å². The van der Waals surface area contributed by atoms with Gasteiger partial charge in [0.15, 0.2) is 11.5 Å². The fourth-order valence-electron chi connectivity index (χ4n) is 4.17. The van der Waals surface area contributed by atoms with Gasteiger partial charge in [0, 0.05) is 18.1 Å². The molecule has 0 aliphatic carbocycles. The van der Waals surface area contributed by atoms with E-state index in [0.717, 1.165) is 11.1 Å². The largest absolute Gasteiger partial charge is 0.493 e. The quantitative estimate of drug-likeness (QED) is 0.570. The Labute approximate surface area is 173 Å². The molecule has 0 unspecified atom stereocenters. The summed E-state index contributed by atoms with van der Waals surface area (Å²) in [6, 6.07) is 6.48. The number of methoxy groups -OCH3 is 2. The third kappa shape index (κ3) is 2.32. The van der Waals surface area contributed by atoms with Crippen LogP contribution >= 0.6 is 0 Å². The molecule has 2 atom stereocenters. The van der Waals surface area contributed by atoms with Gasteiger partial charge < -0.3 is 23.7 Å². The minimum absolute atomic E-state index is 0.183. The number of fused-ring (bicyclic) bond motifs is 4. The number of rotatable bonds is 3. The van der Waals surface area contributed by atoms with E-state index in [2.05, 4.69) is 6.58 Å². The van der Waals surface area contributed by atoms with E-state index < -0.39 is 17.2 Å². The first kappa shape index (κ1) is 18.5. The maximum atomic E-state index is 13.5. The van der Waals surface area contributed by atoms with Gasteiger partial charge in [-0.25, -0.2) is 0 Å². The van der Waals surface area contributed by atoms with Gasteiger partial charge in [0.1, 0.15) is 30.0 Å². The molecule has 5 rings (SSSR count). The van der Waals surface area contributed by atoms with Gasteiger partial charge in [0.2, 0.25) is 11.6 Å². The van der Waals surface area contributed by atoms with Gasteiger partial charge in [0.25, 0.3) is 5.60 Å². The van der Waals surface area contributed by atoms with Gasteiger partial charge in [-0.1, -0.05) is 6.58 Å². The summed E-state index contributed by atoms with van der Waals surface area (Å²) in [7, 11) is 2.97. The summed E-state index contributed by atoms with van der Waals surface area (Å²) in [5, 5.41) is 0. The lowest BCUT2D eigenvalue weighted by Crippen LogP contribution is -2.55. The second kappa shape index (κ2) is 6.26. The van der Waals surface area contributed by atoms with Crippen LogP contribution in [0.2, 0.25) is 0 Å². The third-order valence-corrected chi connectivity index (χ3v) is 5.84. The molecule has 7 heteroatoms. The van der Waals surface area contributed by atoms with E-state index in [0.29, 0.717) is 40.7 Å². The molecule has 0 aromatic heterocycles. The van der Waals surface area contributed by atoms with Crippen molar-refractivity contribution in [3.8, 4) is 28.7 Å². The smallest absolute Gasteiger partial charge is 0.267 e. The van der Waals surface area contributed by atoms with Crippen molar-refractivity contribution in [3.63, 3.8) is 0 Å². The highest BCUT2D eigenvalue weighted by atomic mass is 16.6. The van der Waals surface area contributed by atoms with E-state index >= 15 is 0 Å². The summed E-state index contributed by atoms with van der Waals surface area (Å²) in [4.78, 5) is 26.8. The predicted molar refractivity (Wildman–Crippen MR) is 106 cm³/mol. The summed E-state index contributed by atoms with van der Waals surface area (Å²) < 4.78 is 28.4. The molecule has 0 fully saturated rings. The second-order valence-electron chi connectivity index (χ2n) is 7.66. The molecule has 3 heterocycles. The molecule has 2 aromatic carbocycles. The van der Waals surface area contributed by atoms with E-state index in [1.165, 1.54) is 20.3 Å². The molecule has 0 radical (unpaired) electrons. The number of ketones is 2. The molecule has 3 aliphatic heterocycles. The molecule has 154 valence electrons. The maximum Gasteiger partial charge on any atom is 0.267 e. The van der Waals surface area contributed by atoms with Gasteiger partial charge in [-0.05, 0) is 30.7 Å². The fourth-order valence-corrected chi connectivity index (χ4v) is 4.17. The van der Waals surface area contributed by atoms with Crippen LogP contribution in [0.15, 0.2) is 36.4 Å². The Morgan fingerprint density at radius 2 is 1.77 bits per heavy atom. The molecule has 2 aromatic rings. The van der Waals surface area contributed by atoms with E-state index in [9.17, 15) is 9.59 Å². The highest BCUT2D eigenvalue weighted by Gasteiger charge is 2.59. The van der Waals surface area contributed by atoms with Crippen molar-refractivity contribution in [2.45, 2.75) is 25.0 Å². The molecule has 30 heavy (non-hydrogen) atoms. The van der Waals surface area contributed by atoms with Crippen LogP contribution in [0, 0.1) is 0 Å². The van der Waals surface area contributed by atoms with Crippen LogP contribution in [0.4, 0.5) is 0 Å². The maximum absolute atomic E-state index is 13.5. The van der Waals surface area contributed by atoms with Crippen LogP contribution in [-0.4, -0.2) is 44.1 Å². The Bertz CT molecular complexity index is 1130. The van der Waals surface area contributed by atoms with Crippen molar-refractivity contribution in [1.82, 2.24) is 0 Å². The molecule has 0 amide bonds. The van der Waals surface area contributed by atoms with Crippen molar-refractivity contribution in [1.29, 1.82) is 0 Å². The van der Waals surface area contributed by atoms with E-state index in [1.54, 1.807) is 18.2 Å². The lowest BCUT2D eigenvalue weighted by molar-refractivity contribution is 0.0240. The first-order valence-corrected chi connectivity index (χ1v) is 9.55. The summed E-state index contributed by atoms with van der Waals surface area (Å²) in [5.41, 5.74) is 0.474. The fraction of sp³-hybridized carbons (Fsp3) is 0.304. The summed E-state index contributed by atoms with van der Waals surface area (Å²) in [6.07, 6.45) is 0.353. The van der Waals surface area contributed by atoms with Crippen molar-refractivity contribution >= 4 is 11.6 Å². The van der Waals surface area contributed by atoms with Gasteiger partial charge in [-0.15, -0.1) is 0 Å². The monoisotopic (exact) mass is 408 g/mol. The van der Waals surface area contributed by atoms with Crippen LogP contribution in [-0.2, 0) is 6.42 Å². The molecule has 0 saturated carbocycles. The SMILES string of the molecule is C=C(C)[C@H]1Cc2c(ccc3c2O[C@@]2(COc4cc(OC)c(OC)cc4C2=O)C3=O)O1. The van der Waals surface area contributed by atoms with Crippen molar-refractivity contribution in [2.24, 2.45) is 0 Å².